The Kier molecular flexibility index (Phi) is 8.41. The zero-order valence-corrected chi connectivity index (χ0v) is 25.9. The molecule has 0 saturated carbocycles. The molecule has 1 aliphatic heterocycles. The first kappa shape index (κ1) is 28.5. The molecule has 3 rings (SSSR count). The van der Waals surface area contributed by atoms with Gasteiger partial charge in [0.2, 0.25) is 0 Å². The topological polar surface area (TPSA) is 53.5 Å². The summed E-state index contributed by atoms with van der Waals surface area (Å²) in [6.45, 7) is 23.3. The van der Waals surface area contributed by atoms with Gasteiger partial charge in [0.1, 0.15) is 11.3 Å². The van der Waals surface area contributed by atoms with Crippen LogP contribution in [0.1, 0.15) is 59.6 Å². The average Bonchev–Trinajstić information content (AvgIpc) is 3.13. The molecule has 2 aromatic rings. The summed E-state index contributed by atoms with van der Waals surface area (Å²) in [5.41, 5.74) is 2.45. The number of pyridine rings is 2. The minimum atomic E-state index is -2.00. The standard InChI is InChI=1S/C27H43ClN2O3Si2/c1-26(2,3)34(7,8)31-18-24-23(33-35(9,10)27(4,5)6)17-22(32-24)19-14-15-21(30-25(19)28)20-13-11-12-16-29-20/h11-16,22-24H,17-18H2,1-10H3/t22-,23+,24-/m1/s1. The van der Waals surface area contributed by atoms with Crippen molar-refractivity contribution in [3.05, 3.63) is 47.2 Å². The molecule has 0 bridgehead atoms. The summed E-state index contributed by atoms with van der Waals surface area (Å²) in [6, 6.07) is 9.75. The molecule has 0 radical (unpaired) electrons. The first-order valence-corrected chi connectivity index (χ1v) is 18.8. The van der Waals surface area contributed by atoms with E-state index in [2.05, 4.69) is 77.7 Å². The molecule has 1 aliphatic rings. The van der Waals surface area contributed by atoms with Crippen LogP contribution in [0.2, 0.25) is 41.4 Å². The van der Waals surface area contributed by atoms with Crippen LogP contribution in [0.3, 0.4) is 0 Å². The molecule has 194 valence electrons. The fraction of sp³-hybridized carbons (Fsp3) is 0.630. The van der Waals surface area contributed by atoms with Crippen LogP contribution in [0.25, 0.3) is 11.4 Å². The van der Waals surface area contributed by atoms with Crippen molar-refractivity contribution in [2.75, 3.05) is 6.61 Å². The summed E-state index contributed by atoms with van der Waals surface area (Å²) in [6.07, 6.45) is 2.12. The monoisotopic (exact) mass is 534 g/mol. The third-order valence-electron chi connectivity index (χ3n) is 8.02. The van der Waals surface area contributed by atoms with Gasteiger partial charge in [0.05, 0.1) is 30.2 Å². The maximum absolute atomic E-state index is 6.89. The summed E-state index contributed by atoms with van der Waals surface area (Å²) < 4.78 is 20.1. The first-order chi connectivity index (χ1) is 16.0. The van der Waals surface area contributed by atoms with Gasteiger partial charge >= 0.3 is 0 Å². The van der Waals surface area contributed by atoms with Crippen molar-refractivity contribution >= 4 is 28.2 Å². The van der Waals surface area contributed by atoms with E-state index in [0.717, 1.165) is 23.4 Å². The number of hydrogen-bond donors (Lipinski definition) is 0. The Labute approximate surface area is 219 Å². The van der Waals surface area contributed by atoms with Gasteiger partial charge in [-0.05, 0) is 54.5 Å². The minimum Gasteiger partial charge on any atom is -0.414 e. The molecule has 0 N–H and O–H groups in total. The number of aromatic nitrogens is 2. The summed E-state index contributed by atoms with van der Waals surface area (Å²) in [5.74, 6) is 0. The Hall–Kier alpha value is -1.10. The Morgan fingerprint density at radius 3 is 2.14 bits per heavy atom. The van der Waals surface area contributed by atoms with Crippen LogP contribution < -0.4 is 0 Å². The second kappa shape index (κ2) is 10.3. The second-order valence-corrected chi connectivity index (χ2v) is 22.6. The van der Waals surface area contributed by atoms with E-state index >= 15 is 0 Å². The highest BCUT2D eigenvalue weighted by molar-refractivity contribution is 6.74. The molecule has 3 atom stereocenters. The fourth-order valence-electron chi connectivity index (χ4n) is 3.59. The summed E-state index contributed by atoms with van der Waals surface area (Å²) >= 11 is 6.69. The maximum Gasteiger partial charge on any atom is 0.192 e. The van der Waals surface area contributed by atoms with E-state index in [4.69, 9.17) is 25.2 Å². The molecule has 0 aromatic carbocycles. The van der Waals surface area contributed by atoms with Crippen molar-refractivity contribution in [1.82, 2.24) is 9.97 Å². The lowest BCUT2D eigenvalue weighted by molar-refractivity contribution is -0.0165. The van der Waals surface area contributed by atoms with Gasteiger partial charge in [0.25, 0.3) is 0 Å². The molecule has 3 heterocycles. The Morgan fingerprint density at radius 1 is 0.943 bits per heavy atom. The fourth-order valence-corrected chi connectivity index (χ4v) is 6.24. The third kappa shape index (κ3) is 6.62. The van der Waals surface area contributed by atoms with E-state index < -0.39 is 16.6 Å². The highest BCUT2D eigenvalue weighted by Crippen LogP contribution is 2.44. The van der Waals surface area contributed by atoms with Crippen LogP contribution in [-0.2, 0) is 13.6 Å². The zero-order valence-electron chi connectivity index (χ0n) is 23.1. The van der Waals surface area contributed by atoms with Gasteiger partial charge in [-0.2, -0.15) is 0 Å². The maximum atomic E-state index is 6.89. The minimum absolute atomic E-state index is 0.0443. The lowest BCUT2D eigenvalue weighted by atomic mass is 10.1. The smallest absolute Gasteiger partial charge is 0.192 e. The molecule has 1 saturated heterocycles. The highest BCUT2D eigenvalue weighted by Gasteiger charge is 2.46. The van der Waals surface area contributed by atoms with E-state index in [1.54, 1.807) is 6.20 Å². The van der Waals surface area contributed by atoms with Gasteiger partial charge in [0, 0.05) is 18.2 Å². The molecule has 5 nitrogen and oxygen atoms in total. The van der Waals surface area contributed by atoms with E-state index in [1.807, 2.05) is 30.3 Å². The molecule has 35 heavy (non-hydrogen) atoms. The van der Waals surface area contributed by atoms with Crippen LogP contribution in [0, 0.1) is 0 Å². The number of nitrogens with zero attached hydrogens (tertiary/aromatic N) is 2. The molecular weight excluding hydrogens is 492 g/mol. The molecule has 0 unspecified atom stereocenters. The summed E-state index contributed by atoms with van der Waals surface area (Å²) in [7, 11) is -3.93. The van der Waals surface area contributed by atoms with E-state index in [9.17, 15) is 0 Å². The summed E-state index contributed by atoms with van der Waals surface area (Å²) in [4.78, 5) is 9.03. The molecule has 0 aliphatic carbocycles. The number of rotatable bonds is 7. The van der Waals surface area contributed by atoms with Gasteiger partial charge in [-0.3, -0.25) is 4.98 Å². The van der Waals surface area contributed by atoms with Crippen molar-refractivity contribution in [2.24, 2.45) is 0 Å². The zero-order chi connectivity index (χ0) is 26.2. The Balaban J connectivity index is 1.84. The number of hydrogen-bond acceptors (Lipinski definition) is 5. The number of halogens is 1. The lowest BCUT2D eigenvalue weighted by Crippen LogP contribution is -2.48. The number of ether oxygens (including phenoxy) is 1. The van der Waals surface area contributed by atoms with Crippen molar-refractivity contribution in [3.63, 3.8) is 0 Å². The van der Waals surface area contributed by atoms with Gasteiger partial charge in [-0.25, -0.2) is 4.98 Å². The van der Waals surface area contributed by atoms with Crippen LogP contribution >= 0.6 is 11.6 Å². The van der Waals surface area contributed by atoms with E-state index in [-0.39, 0.29) is 28.4 Å². The highest BCUT2D eigenvalue weighted by atomic mass is 35.5. The lowest BCUT2D eigenvalue weighted by Gasteiger charge is -2.40. The Morgan fingerprint density at radius 2 is 1.60 bits per heavy atom. The van der Waals surface area contributed by atoms with Crippen LogP contribution in [0.5, 0.6) is 0 Å². The van der Waals surface area contributed by atoms with Crippen molar-refractivity contribution in [1.29, 1.82) is 0 Å². The van der Waals surface area contributed by atoms with Crippen LogP contribution in [0.15, 0.2) is 36.5 Å². The SMILES string of the molecule is CC(C)(C)[Si](C)(C)OC[C@H]1O[C@@H](c2ccc(-c3ccccn3)nc2Cl)C[C@@H]1O[Si](C)(C)C(C)(C)C. The van der Waals surface area contributed by atoms with Gasteiger partial charge in [-0.1, -0.05) is 65.3 Å². The molecule has 2 aromatic heterocycles. The average molecular weight is 535 g/mol. The molecular formula is C27H43ClN2O3Si2. The van der Waals surface area contributed by atoms with Crippen LogP contribution in [-0.4, -0.2) is 45.4 Å². The first-order valence-electron chi connectivity index (χ1n) is 12.6. The van der Waals surface area contributed by atoms with Gasteiger partial charge < -0.3 is 13.6 Å². The van der Waals surface area contributed by atoms with Gasteiger partial charge in [-0.15, -0.1) is 0 Å². The van der Waals surface area contributed by atoms with E-state index in [1.165, 1.54) is 0 Å². The third-order valence-corrected chi connectivity index (χ3v) is 17.3. The molecule has 0 amide bonds. The molecule has 0 spiro atoms. The van der Waals surface area contributed by atoms with Gasteiger partial charge in [0.15, 0.2) is 16.6 Å². The van der Waals surface area contributed by atoms with Crippen molar-refractivity contribution < 1.29 is 13.6 Å². The molecule has 1 fully saturated rings. The van der Waals surface area contributed by atoms with Crippen molar-refractivity contribution in [2.45, 2.75) is 103 Å². The van der Waals surface area contributed by atoms with Crippen LogP contribution in [0.4, 0.5) is 0 Å². The predicted molar refractivity (Wildman–Crippen MR) is 150 cm³/mol. The largest absolute Gasteiger partial charge is 0.414 e. The second-order valence-electron chi connectivity index (χ2n) is 12.7. The van der Waals surface area contributed by atoms with Crippen molar-refractivity contribution in [3.8, 4) is 11.4 Å². The predicted octanol–water partition coefficient (Wildman–Crippen LogP) is 8.04. The van der Waals surface area contributed by atoms with E-state index in [0.29, 0.717) is 11.8 Å². The Bertz CT molecular complexity index is 1000. The molecule has 8 heteroatoms. The quantitative estimate of drug-likeness (QED) is 0.265. The normalized spacial score (nSPS) is 22.0. The summed E-state index contributed by atoms with van der Waals surface area (Å²) in [5, 5.41) is 0.699.